The maximum Gasteiger partial charge on any atom is 0.394 e. The summed E-state index contributed by atoms with van der Waals surface area (Å²) in [6.07, 6.45) is 0. The Labute approximate surface area is 130 Å². The lowest BCUT2D eigenvalue weighted by Gasteiger charge is -2.06. The van der Waals surface area contributed by atoms with Crippen LogP contribution < -0.4 is 0 Å². The molecule has 0 bridgehead atoms. The second kappa shape index (κ2) is 18.7. The first-order chi connectivity index (χ1) is 10.4. The van der Waals surface area contributed by atoms with Gasteiger partial charge in [-0.15, -0.1) is 0 Å². The van der Waals surface area contributed by atoms with E-state index < -0.39 is 10.4 Å². The second-order valence-electron chi connectivity index (χ2n) is 3.61. The minimum absolute atomic E-state index is 0.0478. The fourth-order valence-corrected chi connectivity index (χ4v) is 0.969. The summed E-state index contributed by atoms with van der Waals surface area (Å²) in [4.78, 5) is 0. The lowest BCUT2D eigenvalue weighted by molar-refractivity contribution is -0.0105. The highest BCUT2D eigenvalue weighted by Crippen LogP contribution is 1.82. The summed E-state index contributed by atoms with van der Waals surface area (Å²) in [7, 11) is -3.03. The van der Waals surface area contributed by atoms with Gasteiger partial charge in [-0.3, -0.25) is 9.11 Å². The molecule has 0 aromatic rings. The standard InChI is InChI=1S/C11H24O6.H2O4S/c1-13-4-5-15-8-9-17-11-10-16-7-6-14-3-2-12;1-5(2,3)4/h12H,2-11H2,1H3;(H2,1,2,3,4). The van der Waals surface area contributed by atoms with Crippen LogP contribution in [-0.2, 0) is 34.1 Å². The van der Waals surface area contributed by atoms with Crippen molar-refractivity contribution in [2.45, 2.75) is 0 Å². The largest absolute Gasteiger partial charge is 0.394 e. The Morgan fingerprint density at radius 2 is 0.955 bits per heavy atom. The summed E-state index contributed by atoms with van der Waals surface area (Å²) in [5.74, 6) is 0. The van der Waals surface area contributed by atoms with Crippen LogP contribution >= 0.6 is 0 Å². The summed E-state index contributed by atoms with van der Waals surface area (Å²) in [6.45, 7) is 4.86. The van der Waals surface area contributed by atoms with Gasteiger partial charge in [-0.05, 0) is 0 Å². The van der Waals surface area contributed by atoms with Crippen LogP contribution in [0.5, 0.6) is 0 Å². The van der Waals surface area contributed by atoms with E-state index in [4.69, 9.17) is 46.3 Å². The molecule has 0 spiro atoms. The van der Waals surface area contributed by atoms with Crippen LogP contribution in [0.15, 0.2) is 0 Å². The van der Waals surface area contributed by atoms with E-state index in [9.17, 15) is 0 Å². The first-order valence-corrected chi connectivity index (χ1v) is 7.92. The smallest absolute Gasteiger partial charge is 0.394 e. The molecule has 0 saturated carbocycles. The van der Waals surface area contributed by atoms with Gasteiger partial charge in [0.1, 0.15) is 0 Å². The maximum atomic E-state index is 8.74. The van der Waals surface area contributed by atoms with Gasteiger partial charge < -0.3 is 28.8 Å². The number of hydrogen-bond acceptors (Lipinski definition) is 8. The van der Waals surface area contributed by atoms with E-state index in [0.29, 0.717) is 59.5 Å². The van der Waals surface area contributed by atoms with E-state index >= 15 is 0 Å². The number of hydrogen-bond donors (Lipinski definition) is 3. The molecule has 0 saturated heterocycles. The van der Waals surface area contributed by atoms with Gasteiger partial charge in [0.05, 0.1) is 66.1 Å². The van der Waals surface area contributed by atoms with E-state index in [-0.39, 0.29) is 6.61 Å². The lowest BCUT2D eigenvalue weighted by atomic mass is 10.7. The molecule has 10 nitrogen and oxygen atoms in total. The highest BCUT2D eigenvalue weighted by molar-refractivity contribution is 7.79. The molecular weight excluding hydrogens is 324 g/mol. The van der Waals surface area contributed by atoms with E-state index in [1.807, 2.05) is 0 Å². The summed E-state index contributed by atoms with van der Waals surface area (Å²) in [5, 5.41) is 8.44. The molecule has 22 heavy (non-hydrogen) atoms. The van der Waals surface area contributed by atoms with E-state index in [1.165, 1.54) is 0 Å². The van der Waals surface area contributed by atoms with Crippen LogP contribution in [0.3, 0.4) is 0 Å². The summed E-state index contributed by atoms with van der Waals surface area (Å²) >= 11 is 0. The summed E-state index contributed by atoms with van der Waals surface area (Å²) in [5.41, 5.74) is 0. The van der Waals surface area contributed by atoms with Crippen molar-refractivity contribution in [1.29, 1.82) is 0 Å². The van der Waals surface area contributed by atoms with Crippen LogP contribution in [0, 0.1) is 0 Å². The third-order valence-corrected chi connectivity index (χ3v) is 1.78. The first kappa shape index (κ1) is 23.9. The van der Waals surface area contributed by atoms with Crippen molar-refractivity contribution in [3.05, 3.63) is 0 Å². The van der Waals surface area contributed by atoms with Gasteiger partial charge in [0, 0.05) is 7.11 Å². The Balaban J connectivity index is 0. The molecule has 0 heterocycles. The fourth-order valence-electron chi connectivity index (χ4n) is 0.969. The van der Waals surface area contributed by atoms with Crippen LogP contribution in [0.25, 0.3) is 0 Å². The third-order valence-electron chi connectivity index (χ3n) is 1.78. The predicted molar refractivity (Wildman–Crippen MR) is 76.4 cm³/mol. The lowest BCUT2D eigenvalue weighted by Crippen LogP contribution is -2.13. The van der Waals surface area contributed by atoms with Gasteiger partial charge >= 0.3 is 10.4 Å². The monoisotopic (exact) mass is 350 g/mol. The Bertz CT molecular complexity index is 273. The molecule has 0 aliphatic carbocycles. The van der Waals surface area contributed by atoms with E-state index in [2.05, 4.69) is 0 Å². The third kappa shape index (κ3) is 36.7. The Morgan fingerprint density at radius 3 is 1.23 bits per heavy atom. The van der Waals surface area contributed by atoms with Crippen LogP contribution in [0.1, 0.15) is 0 Å². The maximum absolute atomic E-state index is 8.74. The van der Waals surface area contributed by atoms with Crippen molar-refractivity contribution >= 4 is 10.4 Å². The Morgan fingerprint density at radius 1 is 0.682 bits per heavy atom. The summed E-state index contributed by atoms with van der Waals surface area (Å²) < 4.78 is 57.1. The molecule has 3 N–H and O–H groups in total. The van der Waals surface area contributed by atoms with Gasteiger partial charge in [-0.2, -0.15) is 8.42 Å². The molecule has 0 rings (SSSR count). The zero-order valence-electron chi connectivity index (χ0n) is 12.7. The van der Waals surface area contributed by atoms with Crippen molar-refractivity contribution in [2.24, 2.45) is 0 Å². The van der Waals surface area contributed by atoms with E-state index in [1.54, 1.807) is 7.11 Å². The van der Waals surface area contributed by atoms with Gasteiger partial charge in [0.15, 0.2) is 0 Å². The Kier molecular flexibility index (Phi) is 20.3. The molecule has 0 atom stereocenters. The van der Waals surface area contributed by atoms with Gasteiger partial charge in [-0.25, -0.2) is 0 Å². The van der Waals surface area contributed by atoms with Crippen LogP contribution in [0.2, 0.25) is 0 Å². The van der Waals surface area contributed by atoms with Crippen molar-refractivity contribution in [3.63, 3.8) is 0 Å². The highest BCUT2D eigenvalue weighted by Gasteiger charge is 1.92. The van der Waals surface area contributed by atoms with Gasteiger partial charge in [-0.1, -0.05) is 0 Å². The highest BCUT2D eigenvalue weighted by atomic mass is 32.3. The van der Waals surface area contributed by atoms with E-state index in [0.717, 1.165) is 0 Å². The Hall–Kier alpha value is -0.370. The molecule has 11 heteroatoms. The second-order valence-corrected chi connectivity index (χ2v) is 4.51. The zero-order valence-corrected chi connectivity index (χ0v) is 13.5. The van der Waals surface area contributed by atoms with Crippen molar-refractivity contribution in [2.75, 3.05) is 73.2 Å². The van der Waals surface area contributed by atoms with Gasteiger partial charge in [0.25, 0.3) is 0 Å². The minimum atomic E-state index is -4.67. The number of methoxy groups -OCH3 is 1. The van der Waals surface area contributed by atoms with Crippen molar-refractivity contribution in [3.8, 4) is 0 Å². The molecule has 0 fully saturated rings. The van der Waals surface area contributed by atoms with Crippen molar-refractivity contribution in [1.82, 2.24) is 0 Å². The van der Waals surface area contributed by atoms with Gasteiger partial charge in [0.2, 0.25) is 0 Å². The normalized spacial score (nSPS) is 11.1. The molecule has 136 valence electrons. The minimum Gasteiger partial charge on any atom is -0.394 e. The quantitative estimate of drug-likeness (QED) is 0.265. The average molecular weight is 350 g/mol. The molecule has 0 unspecified atom stereocenters. The average Bonchev–Trinajstić information content (AvgIpc) is 2.42. The SMILES string of the molecule is COCCOCCOCCOCCOCCO.O=S(=O)(O)O. The molecule has 0 aliphatic heterocycles. The predicted octanol–water partition coefficient (Wildman–Crippen LogP) is -0.961. The molecule has 0 radical (unpaired) electrons. The molecule has 0 aromatic heterocycles. The zero-order chi connectivity index (χ0) is 17.1. The van der Waals surface area contributed by atoms with Crippen LogP contribution in [-0.4, -0.2) is 95.8 Å². The number of aliphatic hydroxyl groups is 1. The molecule has 0 aromatic carbocycles. The number of rotatable bonds is 14. The first-order valence-electron chi connectivity index (χ1n) is 6.52. The van der Waals surface area contributed by atoms with Crippen LogP contribution in [0.4, 0.5) is 0 Å². The molecule has 0 amide bonds. The molecular formula is C11H26O10S. The van der Waals surface area contributed by atoms with Crippen molar-refractivity contribution < 1.29 is 46.3 Å². The molecule has 0 aliphatic rings. The fraction of sp³-hybridized carbons (Fsp3) is 1.00. The number of aliphatic hydroxyl groups excluding tert-OH is 1. The topological polar surface area (TPSA) is 141 Å². The summed E-state index contributed by atoms with van der Waals surface area (Å²) in [6, 6.07) is 0. The number of ether oxygens (including phenoxy) is 5.